The molecule has 0 aliphatic carbocycles. The van der Waals surface area contributed by atoms with E-state index in [4.69, 9.17) is 4.74 Å². The van der Waals surface area contributed by atoms with Gasteiger partial charge in [0.2, 0.25) is 6.08 Å². The van der Waals surface area contributed by atoms with Gasteiger partial charge in [0.15, 0.2) is 0 Å². The molecule has 0 bridgehead atoms. The molecule has 0 radical (unpaired) electrons. The molecule has 88 valence electrons. The molecule has 3 nitrogen and oxygen atoms in total. The number of nitrogens with zero attached hydrogens (tertiary/aromatic N) is 1. The van der Waals surface area contributed by atoms with Crippen LogP contribution >= 0.6 is 0 Å². The third kappa shape index (κ3) is 9.64. The number of aliphatic imine (C=N–C) groups is 1. The monoisotopic (exact) mass is 213 g/mol. The van der Waals surface area contributed by atoms with Gasteiger partial charge in [-0.15, -0.1) is 0 Å². The first-order valence-corrected chi connectivity index (χ1v) is 5.85. The third-order valence-electron chi connectivity index (χ3n) is 2.20. The van der Waals surface area contributed by atoms with Crippen LogP contribution in [0.2, 0.25) is 0 Å². The zero-order chi connectivity index (χ0) is 11.5. The van der Waals surface area contributed by atoms with Crippen LogP contribution in [0.4, 0.5) is 0 Å². The Bertz CT molecular complexity index is 186. The van der Waals surface area contributed by atoms with Gasteiger partial charge in [-0.05, 0) is 18.8 Å². The van der Waals surface area contributed by atoms with E-state index in [2.05, 4.69) is 25.8 Å². The summed E-state index contributed by atoms with van der Waals surface area (Å²) in [6.07, 6.45) is 6.10. The lowest BCUT2D eigenvalue weighted by atomic mass is 10.1. The summed E-state index contributed by atoms with van der Waals surface area (Å²) < 4.78 is 5.68. The largest absolute Gasteiger partial charge is 0.376 e. The van der Waals surface area contributed by atoms with Crippen molar-refractivity contribution in [2.45, 2.75) is 52.6 Å². The molecule has 0 aromatic rings. The number of unbranched alkanes of at least 4 members (excludes halogenated alkanes) is 2. The molecule has 0 aromatic carbocycles. The van der Waals surface area contributed by atoms with Gasteiger partial charge in [0, 0.05) is 6.61 Å². The second-order valence-corrected chi connectivity index (χ2v) is 4.26. The van der Waals surface area contributed by atoms with Gasteiger partial charge in [-0.25, -0.2) is 9.79 Å². The number of hydrogen-bond acceptors (Lipinski definition) is 3. The van der Waals surface area contributed by atoms with Crippen molar-refractivity contribution < 1.29 is 9.53 Å². The molecule has 3 heteroatoms. The minimum Gasteiger partial charge on any atom is -0.376 e. The summed E-state index contributed by atoms with van der Waals surface area (Å²) in [5, 5.41) is 0. The standard InChI is InChI=1S/C12H23NO2/c1-4-5-6-7-15-12(8-11(2)3)9-13-10-14/h11-12H,4-9H2,1-3H3. The molecule has 0 rings (SSSR count). The smallest absolute Gasteiger partial charge is 0.235 e. The Morgan fingerprint density at radius 2 is 2.07 bits per heavy atom. The predicted molar refractivity (Wildman–Crippen MR) is 61.7 cm³/mol. The first-order valence-electron chi connectivity index (χ1n) is 5.85. The molecule has 0 fully saturated rings. The molecule has 0 saturated heterocycles. The van der Waals surface area contributed by atoms with E-state index in [9.17, 15) is 4.79 Å². The highest BCUT2D eigenvalue weighted by Crippen LogP contribution is 2.09. The van der Waals surface area contributed by atoms with Gasteiger partial charge < -0.3 is 4.74 Å². The number of isocyanates is 1. The minimum absolute atomic E-state index is 0.0864. The highest BCUT2D eigenvalue weighted by atomic mass is 16.5. The van der Waals surface area contributed by atoms with Gasteiger partial charge in [-0.3, -0.25) is 0 Å². The average molecular weight is 213 g/mol. The van der Waals surface area contributed by atoms with Crippen LogP contribution in [0.25, 0.3) is 0 Å². The van der Waals surface area contributed by atoms with Crippen LogP contribution < -0.4 is 0 Å². The zero-order valence-corrected chi connectivity index (χ0v) is 10.2. The normalized spacial score (nSPS) is 12.5. The molecule has 0 aromatic heterocycles. The van der Waals surface area contributed by atoms with E-state index < -0.39 is 0 Å². The van der Waals surface area contributed by atoms with Crippen molar-refractivity contribution in [2.75, 3.05) is 13.2 Å². The lowest BCUT2D eigenvalue weighted by Crippen LogP contribution is -2.19. The second-order valence-electron chi connectivity index (χ2n) is 4.26. The molecule has 0 aliphatic heterocycles. The molecule has 1 atom stereocenters. The second kappa shape index (κ2) is 9.88. The summed E-state index contributed by atoms with van der Waals surface area (Å²) >= 11 is 0. The Morgan fingerprint density at radius 3 is 2.60 bits per heavy atom. The van der Waals surface area contributed by atoms with E-state index in [1.54, 1.807) is 6.08 Å². The maximum Gasteiger partial charge on any atom is 0.235 e. The van der Waals surface area contributed by atoms with Crippen molar-refractivity contribution in [3.05, 3.63) is 0 Å². The van der Waals surface area contributed by atoms with Gasteiger partial charge in [-0.2, -0.15) is 0 Å². The van der Waals surface area contributed by atoms with E-state index in [0.29, 0.717) is 12.5 Å². The third-order valence-corrected chi connectivity index (χ3v) is 2.20. The fourth-order valence-electron chi connectivity index (χ4n) is 1.46. The van der Waals surface area contributed by atoms with E-state index in [-0.39, 0.29) is 6.10 Å². The van der Waals surface area contributed by atoms with Gasteiger partial charge >= 0.3 is 0 Å². The van der Waals surface area contributed by atoms with Crippen LogP contribution in [0.3, 0.4) is 0 Å². The quantitative estimate of drug-likeness (QED) is 0.335. The van der Waals surface area contributed by atoms with E-state index in [0.717, 1.165) is 19.4 Å². The highest BCUT2D eigenvalue weighted by molar-refractivity contribution is 5.32. The van der Waals surface area contributed by atoms with E-state index >= 15 is 0 Å². The molecular formula is C12H23NO2. The maximum atomic E-state index is 10.0. The fourth-order valence-corrected chi connectivity index (χ4v) is 1.46. The Hall–Kier alpha value is -0.660. The van der Waals surface area contributed by atoms with Crippen molar-refractivity contribution in [2.24, 2.45) is 10.9 Å². The van der Waals surface area contributed by atoms with Crippen LogP contribution in [-0.4, -0.2) is 25.3 Å². The molecule has 1 unspecified atom stereocenters. The number of rotatable bonds is 9. The fraction of sp³-hybridized carbons (Fsp3) is 0.917. The molecule has 0 aliphatic rings. The molecule has 15 heavy (non-hydrogen) atoms. The summed E-state index contributed by atoms with van der Waals surface area (Å²) in [5.74, 6) is 0.572. The van der Waals surface area contributed by atoms with E-state index in [1.165, 1.54) is 12.8 Å². The summed E-state index contributed by atoms with van der Waals surface area (Å²) in [6.45, 7) is 7.69. The first kappa shape index (κ1) is 14.3. The lowest BCUT2D eigenvalue weighted by molar-refractivity contribution is 0.0432. The predicted octanol–water partition coefficient (Wildman–Crippen LogP) is 2.94. The number of carbonyl (C=O) groups excluding carboxylic acids is 1. The van der Waals surface area contributed by atoms with Gasteiger partial charge in [0.25, 0.3) is 0 Å². The molecule has 0 heterocycles. The van der Waals surface area contributed by atoms with Gasteiger partial charge in [0.1, 0.15) is 0 Å². The lowest BCUT2D eigenvalue weighted by Gasteiger charge is -2.17. The Labute approximate surface area is 92.9 Å². The Kier molecular flexibility index (Phi) is 9.44. The van der Waals surface area contributed by atoms with E-state index in [1.807, 2.05) is 0 Å². The van der Waals surface area contributed by atoms with Gasteiger partial charge in [-0.1, -0.05) is 33.6 Å². The van der Waals surface area contributed by atoms with Crippen molar-refractivity contribution >= 4 is 6.08 Å². The maximum absolute atomic E-state index is 10.0. The average Bonchev–Trinajstić information content (AvgIpc) is 2.19. The summed E-state index contributed by atoms with van der Waals surface area (Å²) in [4.78, 5) is 13.6. The van der Waals surface area contributed by atoms with Crippen LogP contribution in [0.15, 0.2) is 4.99 Å². The van der Waals surface area contributed by atoms with Crippen molar-refractivity contribution in [1.29, 1.82) is 0 Å². The van der Waals surface area contributed by atoms with Crippen molar-refractivity contribution in [3.63, 3.8) is 0 Å². The number of ether oxygens (including phenoxy) is 1. The Balaban J connectivity index is 3.73. The summed E-state index contributed by atoms with van der Waals surface area (Å²) in [6, 6.07) is 0. The zero-order valence-electron chi connectivity index (χ0n) is 10.2. The van der Waals surface area contributed by atoms with Crippen molar-refractivity contribution in [3.8, 4) is 0 Å². The topological polar surface area (TPSA) is 38.7 Å². The molecular weight excluding hydrogens is 190 g/mol. The van der Waals surface area contributed by atoms with Crippen LogP contribution in [-0.2, 0) is 9.53 Å². The molecule has 0 amide bonds. The van der Waals surface area contributed by atoms with Gasteiger partial charge in [0.05, 0.1) is 12.6 Å². The SMILES string of the molecule is CCCCCOC(CN=C=O)CC(C)C. The number of hydrogen-bond donors (Lipinski definition) is 0. The van der Waals surface area contributed by atoms with Crippen LogP contribution in [0.1, 0.15) is 46.5 Å². The molecule has 0 saturated carbocycles. The van der Waals surface area contributed by atoms with Crippen molar-refractivity contribution in [1.82, 2.24) is 0 Å². The highest BCUT2D eigenvalue weighted by Gasteiger charge is 2.10. The molecule has 0 N–H and O–H groups in total. The Morgan fingerprint density at radius 1 is 1.33 bits per heavy atom. The minimum atomic E-state index is 0.0864. The van der Waals surface area contributed by atoms with Crippen LogP contribution in [0.5, 0.6) is 0 Å². The first-order chi connectivity index (χ1) is 7.20. The summed E-state index contributed by atoms with van der Waals surface area (Å²) in [5.41, 5.74) is 0. The van der Waals surface area contributed by atoms with Crippen LogP contribution in [0, 0.1) is 5.92 Å². The summed E-state index contributed by atoms with van der Waals surface area (Å²) in [7, 11) is 0. The molecule has 0 spiro atoms.